The SMILES string of the molecule is Cc1ccc(C)c(COc2c(C)cc(Br)cc2C(=O)O)c1. The minimum atomic E-state index is -0.990. The number of halogens is 1. The molecule has 0 heterocycles. The molecule has 2 rings (SSSR count). The van der Waals surface area contributed by atoms with Gasteiger partial charge in [-0.1, -0.05) is 39.7 Å². The fraction of sp³-hybridized carbons (Fsp3) is 0.235. The summed E-state index contributed by atoms with van der Waals surface area (Å²) in [7, 11) is 0. The molecule has 0 bridgehead atoms. The van der Waals surface area contributed by atoms with Crippen LogP contribution in [0.3, 0.4) is 0 Å². The van der Waals surface area contributed by atoms with Crippen LogP contribution in [0.2, 0.25) is 0 Å². The van der Waals surface area contributed by atoms with Crippen LogP contribution in [-0.4, -0.2) is 11.1 Å². The van der Waals surface area contributed by atoms with Gasteiger partial charge >= 0.3 is 5.97 Å². The van der Waals surface area contributed by atoms with E-state index in [-0.39, 0.29) is 5.56 Å². The summed E-state index contributed by atoms with van der Waals surface area (Å²) in [5.74, 6) is -0.568. The van der Waals surface area contributed by atoms with Gasteiger partial charge in [0.1, 0.15) is 17.9 Å². The average molecular weight is 349 g/mol. The van der Waals surface area contributed by atoms with Gasteiger partial charge in [-0.25, -0.2) is 4.79 Å². The van der Waals surface area contributed by atoms with E-state index in [0.29, 0.717) is 12.4 Å². The van der Waals surface area contributed by atoms with Crippen LogP contribution in [0.4, 0.5) is 0 Å². The highest BCUT2D eigenvalue weighted by Crippen LogP contribution is 2.29. The lowest BCUT2D eigenvalue weighted by molar-refractivity contribution is 0.0691. The van der Waals surface area contributed by atoms with E-state index in [4.69, 9.17) is 4.74 Å². The van der Waals surface area contributed by atoms with Gasteiger partial charge in [0.05, 0.1) is 0 Å². The number of carboxylic acid groups (broad SMARTS) is 1. The van der Waals surface area contributed by atoms with Gasteiger partial charge in [0.2, 0.25) is 0 Å². The Morgan fingerprint density at radius 3 is 2.52 bits per heavy atom. The van der Waals surface area contributed by atoms with E-state index in [1.165, 1.54) is 0 Å². The second-order valence-electron chi connectivity index (χ2n) is 5.12. The van der Waals surface area contributed by atoms with Crippen LogP contribution in [0.15, 0.2) is 34.8 Å². The Labute approximate surface area is 132 Å². The zero-order valence-corrected chi connectivity index (χ0v) is 13.8. The van der Waals surface area contributed by atoms with Crippen LogP contribution in [0.1, 0.15) is 32.6 Å². The molecule has 4 heteroatoms. The van der Waals surface area contributed by atoms with E-state index < -0.39 is 5.97 Å². The van der Waals surface area contributed by atoms with Crippen LogP contribution in [-0.2, 0) is 6.61 Å². The summed E-state index contributed by atoms with van der Waals surface area (Å²) < 4.78 is 6.54. The number of rotatable bonds is 4. The maximum Gasteiger partial charge on any atom is 0.339 e. The van der Waals surface area contributed by atoms with Crippen molar-refractivity contribution >= 4 is 21.9 Å². The van der Waals surface area contributed by atoms with Gasteiger partial charge in [0.25, 0.3) is 0 Å². The summed E-state index contributed by atoms with van der Waals surface area (Å²) >= 11 is 3.31. The molecule has 0 fully saturated rings. The van der Waals surface area contributed by atoms with Gasteiger partial charge in [-0.3, -0.25) is 0 Å². The average Bonchev–Trinajstić information content (AvgIpc) is 2.40. The molecule has 0 unspecified atom stereocenters. The van der Waals surface area contributed by atoms with Crippen LogP contribution in [0.5, 0.6) is 5.75 Å². The quantitative estimate of drug-likeness (QED) is 0.874. The van der Waals surface area contributed by atoms with Gasteiger partial charge in [-0.05, 0) is 49.6 Å². The molecule has 0 saturated carbocycles. The summed E-state index contributed by atoms with van der Waals surface area (Å²) in [5.41, 5.74) is 4.32. The molecule has 110 valence electrons. The summed E-state index contributed by atoms with van der Waals surface area (Å²) in [6.07, 6.45) is 0. The van der Waals surface area contributed by atoms with E-state index in [1.54, 1.807) is 6.07 Å². The monoisotopic (exact) mass is 348 g/mol. The van der Waals surface area contributed by atoms with Gasteiger partial charge < -0.3 is 9.84 Å². The fourth-order valence-electron chi connectivity index (χ4n) is 2.19. The van der Waals surface area contributed by atoms with E-state index in [2.05, 4.69) is 22.0 Å². The van der Waals surface area contributed by atoms with E-state index in [9.17, 15) is 9.90 Å². The lowest BCUT2D eigenvalue weighted by Crippen LogP contribution is -2.06. The van der Waals surface area contributed by atoms with Gasteiger partial charge in [0.15, 0.2) is 0 Å². The van der Waals surface area contributed by atoms with E-state index >= 15 is 0 Å². The Morgan fingerprint density at radius 2 is 1.86 bits per heavy atom. The molecule has 0 aliphatic carbocycles. The van der Waals surface area contributed by atoms with Crippen LogP contribution in [0.25, 0.3) is 0 Å². The molecule has 0 atom stereocenters. The molecule has 1 N–H and O–H groups in total. The molecule has 2 aromatic rings. The number of aromatic carboxylic acids is 1. The third kappa shape index (κ3) is 3.64. The number of hydrogen-bond donors (Lipinski definition) is 1. The van der Waals surface area contributed by atoms with Gasteiger partial charge in [-0.15, -0.1) is 0 Å². The molecule has 0 aromatic heterocycles. The minimum absolute atomic E-state index is 0.173. The number of benzene rings is 2. The standard InChI is InChI=1S/C17H17BrO3/c1-10-4-5-11(2)13(6-10)9-21-16-12(3)7-14(18)8-15(16)17(19)20/h4-8H,9H2,1-3H3,(H,19,20). The lowest BCUT2D eigenvalue weighted by Gasteiger charge is -2.14. The maximum atomic E-state index is 11.4. The predicted molar refractivity (Wildman–Crippen MR) is 86.1 cm³/mol. The second kappa shape index (κ2) is 6.31. The summed E-state index contributed by atoms with van der Waals surface area (Å²) in [4.78, 5) is 11.4. The summed E-state index contributed by atoms with van der Waals surface area (Å²) in [5, 5.41) is 9.31. The topological polar surface area (TPSA) is 46.5 Å². The van der Waals surface area contributed by atoms with Crippen LogP contribution in [0, 0.1) is 20.8 Å². The fourth-order valence-corrected chi connectivity index (χ4v) is 2.76. The highest BCUT2D eigenvalue weighted by molar-refractivity contribution is 9.10. The second-order valence-corrected chi connectivity index (χ2v) is 6.04. The van der Waals surface area contributed by atoms with Crippen molar-refractivity contribution in [3.8, 4) is 5.75 Å². The molecule has 0 amide bonds. The first-order valence-corrected chi connectivity index (χ1v) is 7.40. The summed E-state index contributed by atoms with van der Waals surface area (Å²) in [6.45, 7) is 6.24. The number of aryl methyl sites for hydroxylation is 3. The molecular weight excluding hydrogens is 332 g/mol. The number of carboxylic acids is 1. The van der Waals surface area contributed by atoms with Crippen molar-refractivity contribution < 1.29 is 14.6 Å². The first-order chi connectivity index (χ1) is 9.88. The number of ether oxygens (including phenoxy) is 1. The highest BCUT2D eigenvalue weighted by Gasteiger charge is 2.15. The highest BCUT2D eigenvalue weighted by atomic mass is 79.9. The zero-order valence-electron chi connectivity index (χ0n) is 12.2. The normalized spacial score (nSPS) is 10.5. The van der Waals surface area contributed by atoms with E-state index in [1.807, 2.05) is 39.0 Å². The molecule has 3 nitrogen and oxygen atoms in total. The van der Waals surface area contributed by atoms with E-state index in [0.717, 1.165) is 26.7 Å². The Morgan fingerprint density at radius 1 is 1.14 bits per heavy atom. The van der Waals surface area contributed by atoms with Crippen LogP contribution < -0.4 is 4.74 Å². The smallest absolute Gasteiger partial charge is 0.339 e. The molecule has 0 radical (unpaired) electrons. The molecule has 21 heavy (non-hydrogen) atoms. The van der Waals surface area contributed by atoms with Crippen molar-refractivity contribution in [1.29, 1.82) is 0 Å². The Balaban J connectivity index is 2.32. The van der Waals surface area contributed by atoms with Crippen molar-refractivity contribution in [2.45, 2.75) is 27.4 Å². The van der Waals surface area contributed by atoms with Crippen LogP contribution >= 0.6 is 15.9 Å². The maximum absolute atomic E-state index is 11.4. The first-order valence-electron chi connectivity index (χ1n) is 6.61. The molecule has 0 saturated heterocycles. The number of carbonyl (C=O) groups is 1. The van der Waals surface area contributed by atoms with Crippen molar-refractivity contribution in [1.82, 2.24) is 0 Å². The van der Waals surface area contributed by atoms with Gasteiger partial charge in [-0.2, -0.15) is 0 Å². The zero-order chi connectivity index (χ0) is 15.6. The number of hydrogen-bond acceptors (Lipinski definition) is 2. The third-order valence-electron chi connectivity index (χ3n) is 3.35. The van der Waals surface area contributed by atoms with Crippen molar-refractivity contribution in [3.05, 3.63) is 62.6 Å². The molecule has 0 aliphatic rings. The Bertz CT molecular complexity index is 693. The summed E-state index contributed by atoms with van der Waals surface area (Å²) in [6, 6.07) is 9.57. The van der Waals surface area contributed by atoms with Crippen molar-refractivity contribution in [2.24, 2.45) is 0 Å². The Kier molecular flexibility index (Phi) is 4.68. The van der Waals surface area contributed by atoms with Crippen molar-refractivity contribution in [3.63, 3.8) is 0 Å². The third-order valence-corrected chi connectivity index (χ3v) is 3.80. The lowest BCUT2D eigenvalue weighted by atomic mass is 10.1. The largest absolute Gasteiger partial charge is 0.488 e. The molecular formula is C17H17BrO3. The van der Waals surface area contributed by atoms with Crippen molar-refractivity contribution in [2.75, 3.05) is 0 Å². The molecule has 0 aliphatic heterocycles. The molecule has 2 aromatic carbocycles. The first kappa shape index (κ1) is 15.6. The molecule has 0 spiro atoms. The minimum Gasteiger partial charge on any atom is -0.488 e. The Hall–Kier alpha value is -1.81. The van der Waals surface area contributed by atoms with Gasteiger partial charge in [0, 0.05) is 4.47 Å². The predicted octanol–water partition coefficient (Wildman–Crippen LogP) is 4.65.